The zero-order valence-electron chi connectivity index (χ0n) is 13.6. The first-order chi connectivity index (χ1) is 12.0. The molecule has 3 aromatic heterocycles. The summed E-state index contributed by atoms with van der Waals surface area (Å²) in [6.07, 6.45) is 6.25. The fraction of sp³-hybridized carbons (Fsp3) is 0.400. The highest BCUT2D eigenvalue weighted by molar-refractivity contribution is 8.01. The van der Waals surface area contributed by atoms with Gasteiger partial charge in [0.25, 0.3) is 0 Å². The molecule has 0 N–H and O–H groups in total. The van der Waals surface area contributed by atoms with Crippen molar-refractivity contribution in [1.29, 1.82) is 0 Å². The van der Waals surface area contributed by atoms with Gasteiger partial charge >= 0.3 is 0 Å². The van der Waals surface area contributed by atoms with Crippen LogP contribution >= 0.6 is 23.1 Å². The van der Waals surface area contributed by atoms with E-state index in [0.29, 0.717) is 18.1 Å². The molecule has 0 radical (unpaired) electrons. The van der Waals surface area contributed by atoms with Crippen LogP contribution < -0.4 is 0 Å². The molecule has 10 heteroatoms. The van der Waals surface area contributed by atoms with E-state index >= 15 is 0 Å². The van der Waals surface area contributed by atoms with Crippen LogP contribution in [-0.2, 0) is 10.0 Å². The van der Waals surface area contributed by atoms with Gasteiger partial charge in [-0.25, -0.2) is 22.9 Å². The van der Waals surface area contributed by atoms with Gasteiger partial charge in [0.05, 0.1) is 11.9 Å². The van der Waals surface area contributed by atoms with Gasteiger partial charge in [0.15, 0.2) is 4.34 Å². The summed E-state index contributed by atoms with van der Waals surface area (Å²) in [6, 6.07) is 3.36. The maximum Gasteiger partial charge on any atom is 0.244 e. The average molecular weight is 396 g/mol. The second-order valence-corrected chi connectivity index (χ2v) is 10.0. The van der Waals surface area contributed by atoms with Crippen molar-refractivity contribution in [3.05, 3.63) is 30.2 Å². The molecule has 7 nitrogen and oxygen atoms in total. The third-order valence-electron chi connectivity index (χ3n) is 4.00. The second kappa shape index (κ2) is 6.67. The molecular formula is C15H17N5O2S3. The minimum atomic E-state index is -3.43. The Morgan fingerprint density at radius 1 is 1.20 bits per heavy atom. The van der Waals surface area contributed by atoms with Crippen LogP contribution in [0.1, 0.15) is 25.0 Å². The molecule has 1 aliphatic rings. The van der Waals surface area contributed by atoms with Crippen LogP contribution in [0.2, 0.25) is 0 Å². The minimum Gasteiger partial charge on any atom is -0.248 e. The van der Waals surface area contributed by atoms with Crippen molar-refractivity contribution in [2.24, 2.45) is 0 Å². The van der Waals surface area contributed by atoms with E-state index in [2.05, 4.69) is 15.1 Å². The zero-order chi connectivity index (χ0) is 17.4. The molecule has 1 saturated heterocycles. The number of pyridine rings is 1. The Hall–Kier alpha value is -1.49. The van der Waals surface area contributed by atoms with Crippen LogP contribution in [0.5, 0.6) is 0 Å². The van der Waals surface area contributed by atoms with E-state index in [0.717, 1.165) is 34.3 Å². The molecule has 1 aliphatic heterocycles. The molecule has 0 atom stereocenters. The number of fused-ring (bicyclic) bond motifs is 1. The Kier molecular flexibility index (Phi) is 4.52. The van der Waals surface area contributed by atoms with Crippen LogP contribution in [0.4, 0.5) is 0 Å². The van der Waals surface area contributed by atoms with Gasteiger partial charge in [-0.2, -0.15) is 4.31 Å². The van der Waals surface area contributed by atoms with Crippen molar-refractivity contribution in [3.8, 4) is 0 Å². The Balaban J connectivity index is 1.52. The molecule has 0 unspecified atom stereocenters. The van der Waals surface area contributed by atoms with Crippen LogP contribution in [0, 0.1) is 6.92 Å². The molecular weight excluding hydrogens is 378 g/mol. The van der Waals surface area contributed by atoms with Gasteiger partial charge in [0.1, 0.15) is 9.92 Å². The maximum atomic E-state index is 12.6. The van der Waals surface area contributed by atoms with E-state index in [1.165, 1.54) is 29.3 Å². The highest BCUT2D eigenvalue weighted by atomic mass is 32.2. The van der Waals surface area contributed by atoms with E-state index in [1.54, 1.807) is 21.0 Å². The van der Waals surface area contributed by atoms with E-state index in [9.17, 15) is 8.42 Å². The molecule has 4 rings (SSSR count). The number of hydrogen-bond donors (Lipinski definition) is 0. The first kappa shape index (κ1) is 17.0. The SMILES string of the molecule is Cc1cn2nc(Sc3ccc(S(=O)(=O)N4CCCCC4)cn3)sc2n1. The highest BCUT2D eigenvalue weighted by Gasteiger charge is 2.26. The largest absolute Gasteiger partial charge is 0.248 e. The number of piperidine rings is 1. The Morgan fingerprint density at radius 3 is 2.68 bits per heavy atom. The lowest BCUT2D eigenvalue weighted by molar-refractivity contribution is 0.346. The fourth-order valence-corrected chi connectivity index (χ4v) is 6.08. The predicted octanol–water partition coefficient (Wildman–Crippen LogP) is 2.82. The lowest BCUT2D eigenvalue weighted by Crippen LogP contribution is -2.35. The molecule has 0 amide bonds. The molecule has 1 fully saturated rings. The van der Waals surface area contributed by atoms with Crippen LogP contribution in [0.3, 0.4) is 0 Å². The Labute approximate surface area is 154 Å². The summed E-state index contributed by atoms with van der Waals surface area (Å²) >= 11 is 2.89. The summed E-state index contributed by atoms with van der Waals surface area (Å²) in [6.45, 7) is 3.12. The third-order valence-corrected chi connectivity index (χ3v) is 7.81. The highest BCUT2D eigenvalue weighted by Crippen LogP contribution is 2.31. The number of nitrogens with zero attached hydrogens (tertiary/aromatic N) is 5. The van der Waals surface area contributed by atoms with Crippen molar-refractivity contribution in [1.82, 2.24) is 23.9 Å². The second-order valence-electron chi connectivity index (χ2n) is 5.88. The van der Waals surface area contributed by atoms with Crippen LogP contribution in [-0.4, -0.2) is 45.4 Å². The maximum absolute atomic E-state index is 12.6. The van der Waals surface area contributed by atoms with Gasteiger partial charge in [0, 0.05) is 19.3 Å². The molecule has 0 saturated carbocycles. The van der Waals surface area contributed by atoms with Crippen LogP contribution in [0.15, 0.2) is 38.8 Å². The number of sulfonamides is 1. The van der Waals surface area contributed by atoms with Crippen molar-refractivity contribution < 1.29 is 8.42 Å². The predicted molar refractivity (Wildman–Crippen MR) is 96.6 cm³/mol. The third kappa shape index (κ3) is 3.43. The number of rotatable bonds is 4. The molecule has 25 heavy (non-hydrogen) atoms. The number of aromatic nitrogens is 4. The molecule has 3 aromatic rings. The summed E-state index contributed by atoms with van der Waals surface area (Å²) in [5.74, 6) is 0. The number of imidazole rings is 1. The van der Waals surface area contributed by atoms with Gasteiger partial charge in [-0.1, -0.05) is 17.8 Å². The van der Waals surface area contributed by atoms with E-state index < -0.39 is 10.0 Å². The molecule has 0 aromatic carbocycles. The van der Waals surface area contributed by atoms with Crippen molar-refractivity contribution in [3.63, 3.8) is 0 Å². The summed E-state index contributed by atoms with van der Waals surface area (Å²) in [7, 11) is -3.43. The summed E-state index contributed by atoms with van der Waals surface area (Å²) in [4.78, 5) is 9.77. The molecule has 0 spiro atoms. The van der Waals surface area contributed by atoms with Crippen LogP contribution in [0.25, 0.3) is 4.96 Å². The van der Waals surface area contributed by atoms with Crippen molar-refractivity contribution in [2.75, 3.05) is 13.1 Å². The van der Waals surface area contributed by atoms with E-state index in [1.807, 2.05) is 13.1 Å². The standard InChI is InChI=1S/C15H17N5O2S3/c1-11-10-20-14(17-11)24-15(18-20)23-13-6-5-12(9-16-13)25(21,22)19-7-3-2-4-8-19/h5-6,9-10H,2-4,7-8H2,1H3. The van der Waals surface area contributed by atoms with Gasteiger partial charge in [-0.05, 0) is 43.7 Å². The quantitative estimate of drug-likeness (QED) is 0.676. The lowest BCUT2D eigenvalue weighted by atomic mass is 10.2. The monoisotopic (exact) mass is 395 g/mol. The smallest absolute Gasteiger partial charge is 0.244 e. The van der Waals surface area contributed by atoms with Crippen molar-refractivity contribution >= 4 is 38.1 Å². The van der Waals surface area contributed by atoms with Gasteiger partial charge in [0.2, 0.25) is 15.0 Å². The first-order valence-corrected chi connectivity index (χ1v) is 11.1. The van der Waals surface area contributed by atoms with Crippen molar-refractivity contribution in [2.45, 2.75) is 40.4 Å². The Morgan fingerprint density at radius 2 is 2.00 bits per heavy atom. The van der Waals surface area contributed by atoms with Gasteiger partial charge in [-0.3, -0.25) is 0 Å². The topological polar surface area (TPSA) is 80.5 Å². The van der Waals surface area contributed by atoms with Gasteiger partial charge < -0.3 is 0 Å². The molecule has 4 heterocycles. The zero-order valence-corrected chi connectivity index (χ0v) is 16.1. The molecule has 132 valence electrons. The minimum absolute atomic E-state index is 0.253. The number of aryl methyl sites for hydroxylation is 1. The summed E-state index contributed by atoms with van der Waals surface area (Å²) in [5, 5.41) is 5.16. The summed E-state index contributed by atoms with van der Waals surface area (Å²) < 4.78 is 29.4. The average Bonchev–Trinajstić information content (AvgIpc) is 3.13. The Bertz CT molecular complexity index is 957. The summed E-state index contributed by atoms with van der Waals surface area (Å²) in [5.41, 5.74) is 0.931. The van der Waals surface area contributed by atoms with E-state index in [-0.39, 0.29) is 4.90 Å². The first-order valence-electron chi connectivity index (χ1n) is 7.99. The van der Waals surface area contributed by atoms with Gasteiger partial charge in [-0.15, -0.1) is 5.10 Å². The molecule has 0 aliphatic carbocycles. The van der Waals surface area contributed by atoms with E-state index in [4.69, 9.17) is 0 Å². The lowest BCUT2D eigenvalue weighted by Gasteiger charge is -2.25. The normalized spacial score (nSPS) is 16.5. The number of hydrogen-bond acceptors (Lipinski definition) is 7. The molecule has 0 bridgehead atoms. The fourth-order valence-electron chi connectivity index (χ4n) is 2.76.